The third-order valence-electron chi connectivity index (χ3n) is 2.99. The highest BCUT2D eigenvalue weighted by atomic mass is 35.5. The summed E-state index contributed by atoms with van der Waals surface area (Å²) in [4.78, 5) is -0.174. The van der Waals surface area contributed by atoms with Crippen LogP contribution in [0.4, 0.5) is 10.1 Å². The van der Waals surface area contributed by atoms with E-state index in [2.05, 4.69) is 4.72 Å². The van der Waals surface area contributed by atoms with Crippen LogP contribution in [0, 0.1) is 5.82 Å². The van der Waals surface area contributed by atoms with Gasteiger partial charge in [0.2, 0.25) is 0 Å². The van der Waals surface area contributed by atoms with Gasteiger partial charge in [0.1, 0.15) is 16.4 Å². The number of halogens is 2. The molecular formula is C16H17ClFNO4S. The van der Waals surface area contributed by atoms with Crippen LogP contribution in [0.25, 0.3) is 0 Å². The average Bonchev–Trinajstić information content (AvgIpc) is 2.49. The maximum atomic E-state index is 14.1. The number of methoxy groups -OCH3 is 1. The fourth-order valence-electron chi connectivity index (χ4n) is 1.95. The van der Waals surface area contributed by atoms with E-state index in [1.165, 1.54) is 37.4 Å². The first-order valence-electron chi connectivity index (χ1n) is 7.05. The molecule has 0 radical (unpaired) electrons. The normalized spacial score (nSPS) is 11.4. The van der Waals surface area contributed by atoms with Gasteiger partial charge in [-0.25, -0.2) is 12.8 Å². The molecule has 0 amide bonds. The number of benzene rings is 2. The lowest BCUT2D eigenvalue weighted by atomic mass is 10.3. The zero-order valence-electron chi connectivity index (χ0n) is 13.3. The highest BCUT2D eigenvalue weighted by molar-refractivity contribution is 7.92. The molecule has 0 atom stereocenters. The van der Waals surface area contributed by atoms with Gasteiger partial charge in [-0.2, -0.15) is 0 Å². The molecule has 1 N–H and O–H groups in total. The van der Waals surface area contributed by atoms with Gasteiger partial charge in [-0.3, -0.25) is 4.72 Å². The molecule has 0 saturated heterocycles. The molecule has 2 rings (SSSR count). The molecule has 0 saturated carbocycles. The number of ether oxygens (including phenoxy) is 2. The molecule has 130 valence electrons. The zero-order valence-corrected chi connectivity index (χ0v) is 14.9. The van der Waals surface area contributed by atoms with Crippen molar-refractivity contribution in [3.8, 4) is 11.5 Å². The van der Waals surface area contributed by atoms with Gasteiger partial charge in [0, 0.05) is 12.1 Å². The third kappa shape index (κ3) is 4.30. The zero-order chi connectivity index (χ0) is 17.9. The Morgan fingerprint density at radius 1 is 1.12 bits per heavy atom. The Bertz CT molecular complexity index is 840. The molecule has 0 aliphatic carbocycles. The summed E-state index contributed by atoms with van der Waals surface area (Å²) in [6, 6.07) is 8.01. The Kier molecular flexibility index (Phi) is 5.56. The number of hydrogen-bond donors (Lipinski definition) is 1. The maximum absolute atomic E-state index is 14.1. The second-order valence-electron chi connectivity index (χ2n) is 5.21. The number of nitrogens with one attached hydrogen (secondary N) is 1. The van der Waals surface area contributed by atoms with Crippen LogP contribution in [-0.2, 0) is 10.0 Å². The minimum absolute atomic E-state index is 0.0259. The summed E-state index contributed by atoms with van der Waals surface area (Å²) < 4.78 is 51.4. The molecule has 2 aromatic rings. The van der Waals surface area contributed by atoms with E-state index in [0.717, 1.165) is 6.07 Å². The van der Waals surface area contributed by atoms with Crippen molar-refractivity contribution in [1.29, 1.82) is 0 Å². The highest BCUT2D eigenvalue weighted by Gasteiger charge is 2.20. The molecule has 24 heavy (non-hydrogen) atoms. The van der Waals surface area contributed by atoms with Crippen molar-refractivity contribution in [3.05, 3.63) is 47.2 Å². The van der Waals surface area contributed by atoms with Gasteiger partial charge in [-0.15, -0.1) is 0 Å². The summed E-state index contributed by atoms with van der Waals surface area (Å²) in [5.74, 6) is -0.0189. The largest absolute Gasteiger partial charge is 0.497 e. The van der Waals surface area contributed by atoms with Crippen LogP contribution >= 0.6 is 11.6 Å². The second-order valence-corrected chi connectivity index (χ2v) is 7.27. The van der Waals surface area contributed by atoms with Gasteiger partial charge < -0.3 is 9.47 Å². The van der Waals surface area contributed by atoms with Crippen LogP contribution in [0.1, 0.15) is 13.8 Å². The summed E-state index contributed by atoms with van der Waals surface area (Å²) in [6.07, 6.45) is -0.120. The van der Waals surface area contributed by atoms with E-state index < -0.39 is 15.8 Å². The summed E-state index contributed by atoms with van der Waals surface area (Å²) in [5, 5.41) is -0.0259. The van der Waals surface area contributed by atoms with Crippen molar-refractivity contribution >= 4 is 27.3 Å². The van der Waals surface area contributed by atoms with Crippen molar-refractivity contribution in [1.82, 2.24) is 0 Å². The van der Waals surface area contributed by atoms with Gasteiger partial charge in [0.15, 0.2) is 5.82 Å². The fraction of sp³-hybridized carbons (Fsp3) is 0.250. The Morgan fingerprint density at radius 3 is 2.33 bits per heavy atom. The van der Waals surface area contributed by atoms with Crippen molar-refractivity contribution in [2.75, 3.05) is 11.8 Å². The lowest BCUT2D eigenvalue weighted by Crippen LogP contribution is -2.15. The van der Waals surface area contributed by atoms with Crippen molar-refractivity contribution in [2.45, 2.75) is 24.8 Å². The Balaban J connectivity index is 2.29. The first kappa shape index (κ1) is 18.4. The fourth-order valence-corrected chi connectivity index (χ4v) is 3.55. The molecule has 0 heterocycles. The van der Waals surface area contributed by atoms with Crippen LogP contribution in [0.3, 0.4) is 0 Å². The minimum atomic E-state index is -4.05. The summed E-state index contributed by atoms with van der Waals surface area (Å²) in [5.41, 5.74) is -0.196. The molecule has 8 heteroatoms. The molecular weight excluding hydrogens is 357 g/mol. The highest BCUT2D eigenvalue weighted by Crippen LogP contribution is 2.29. The Morgan fingerprint density at radius 2 is 1.79 bits per heavy atom. The quantitative estimate of drug-likeness (QED) is 0.828. The first-order valence-corrected chi connectivity index (χ1v) is 8.91. The number of rotatable bonds is 6. The molecule has 2 aromatic carbocycles. The number of hydrogen-bond acceptors (Lipinski definition) is 4. The SMILES string of the molecule is COc1ccc(S(=O)(=O)Nc2ccc(OC(C)C)cc2F)c(Cl)c1. The van der Waals surface area contributed by atoms with Crippen LogP contribution in [0.5, 0.6) is 11.5 Å². The maximum Gasteiger partial charge on any atom is 0.263 e. The average molecular weight is 374 g/mol. The van der Waals surface area contributed by atoms with Crippen LogP contribution in [0.2, 0.25) is 5.02 Å². The van der Waals surface area contributed by atoms with Crippen LogP contribution in [-0.4, -0.2) is 21.6 Å². The van der Waals surface area contributed by atoms with Gasteiger partial charge in [0.25, 0.3) is 10.0 Å². The van der Waals surface area contributed by atoms with E-state index in [1.54, 1.807) is 13.8 Å². The predicted molar refractivity (Wildman–Crippen MR) is 91.0 cm³/mol. The monoisotopic (exact) mass is 373 g/mol. The number of anilines is 1. The molecule has 0 bridgehead atoms. The van der Waals surface area contributed by atoms with Crippen molar-refractivity contribution in [3.63, 3.8) is 0 Å². The van der Waals surface area contributed by atoms with E-state index in [9.17, 15) is 12.8 Å². The third-order valence-corrected chi connectivity index (χ3v) is 4.83. The number of sulfonamides is 1. The summed E-state index contributed by atoms with van der Waals surface area (Å²) >= 11 is 5.97. The lowest BCUT2D eigenvalue weighted by Gasteiger charge is -2.13. The first-order chi connectivity index (χ1) is 11.2. The van der Waals surface area contributed by atoms with E-state index in [0.29, 0.717) is 11.5 Å². The van der Waals surface area contributed by atoms with E-state index in [-0.39, 0.29) is 21.7 Å². The van der Waals surface area contributed by atoms with Crippen LogP contribution < -0.4 is 14.2 Å². The van der Waals surface area contributed by atoms with Gasteiger partial charge >= 0.3 is 0 Å². The molecule has 0 aromatic heterocycles. The van der Waals surface area contributed by atoms with Crippen molar-refractivity contribution in [2.24, 2.45) is 0 Å². The smallest absolute Gasteiger partial charge is 0.263 e. The van der Waals surface area contributed by atoms with Crippen LogP contribution in [0.15, 0.2) is 41.3 Å². The second kappa shape index (κ2) is 7.27. The summed E-state index contributed by atoms with van der Waals surface area (Å²) in [6.45, 7) is 3.61. The molecule has 0 aliphatic rings. The topological polar surface area (TPSA) is 64.6 Å². The molecule has 0 unspecified atom stereocenters. The van der Waals surface area contributed by atoms with E-state index >= 15 is 0 Å². The molecule has 0 aliphatic heterocycles. The van der Waals surface area contributed by atoms with Gasteiger partial charge in [0.05, 0.1) is 23.9 Å². The molecule has 5 nitrogen and oxygen atoms in total. The van der Waals surface area contributed by atoms with Crippen molar-refractivity contribution < 1.29 is 22.3 Å². The minimum Gasteiger partial charge on any atom is -0.497 e. The molecule has 0 fully saturated rings. The van der Waals surface area contributed by atoms with E-state index in [4.69, 9.17) is 21.1 Å². The lowest BCUT2D eigenvalue weighted by molar-refractivity contribution is 0.241. The summed E-state index contributed by atoms with van der Waals surface area (Å²) in [7, 11) is -2.61. The molecule has 0 spiro atoms. The Hall–Kier alpha value is -1.99. The van der Waals surface area contributed by atoms with Gasteiger partial charge in [-0.05, 0) is 38.1 Å². The predicted octanol–water partition coefficient (Wildman–Crippen LogP) is 4.08. The van der Waals surface area contributed by atoms with Gasteiger partial charge in [-0.1, -0.05) is 11.6 Å². The standard InChI is InChI=1S/C16H17ClFNO4S/c1-10(2)23-12-4-6-15(14(18)9-12)19-24(20,21)16-7-5-11(22-3)8-13(16)17/h4-10,19H,1-3H3. The Labute approximate surface area is 145 Å². The van der Waals surface area contributed by atoms with E-state index in [1.807, 2.05) is 0 Å².